The highest BCUT2D eigenvalue weighted by Gasteiger charge is 2.13. The van der Waals surface area contributed by atoms with Crippen LogP contribution in [0, 0.1) is 0 Å². The van der Waals surface area contributed by atoms with E-state index in [1.165, 1.54) is 0 Å². The summed E-state index contributed by atoms with van der Waals surface area (Å²) in [6.07, 6.45) is 5.48. The van der Waals surface area contributed by atoms with Gasteiger partial charge >= 0.3 is 0 Å². The summed E-state index contributed by atoms with van der Waals surface area (Å²) in [5.74, 6) is 1.17. The van der Waals surface area contributed by atoms with Gasteiger partial charge in [0, 0.05) is 17.5 Å². The largest absolute Gasteiger partial charge is 0.457 e. The maximum atomic E-state index is 11.3. The number of rotatable bonds is 4. The number of para-hydroxylation sites is 1. The third-order valence-corrected chi connectivity index (χ3v) is 3.37. The van der Waals surface area contributed by atoms with E-state index in [1.807, 2.05) is 71.8 Å². The minimum atomic E-state index is -0.390. The first-order valence-corrected chi connectivity index (χ1v) is 6.99. The quantitative estimate of drug-likeness (QED) is 0.941. The van der Waals surface area contributed by atoms with Gasteiger partial charge in [-0.05, 0) is 42.5 Å². The van der Waals surface area contributed by atoms with Crippen molar-refractivity contribution < 1.29 is 9.53 Å². The second-order valence-electron chi connectivity index (χ2n) is 4.93. The Kier molecular flexibility index (Phi) is 3.92. The highest BCUT2D eigenvalue weighted by molar-refractivity contribution is 5.93. The maximum Gasteiger partial charge on any atom is 0.246 e. The van der Waals surface area contributed by atoms with E-state index in [0.717, 1.165) is 17.2 Å². The number of nitrogens with zero attached hydrogens (tertiary/aromatic N) is 1. The predicted molar refractivity (Wildman–Crippen MR) is 86.7 cm³/mol. The number of carbonyl (C=O) groups excluding carboxylic acids is 1. The summed E-state index contributed by atoms with van der Waals surface area (Å²) in [5.41, 5.74) is 6.90. The average molecular weight is 292 g/mol. The fourth-order valence-corrected chi connectivity index (χ4v) is 2.22. The van der Waals surface area contributed by atoms with Gasteiger partial charge in [0.2, 0.25) is 5.91 Å². The number of primary amides is 1. The van der Waals surface area contributed by atoms with E-state index < -0.39 is 5.91 Å². The maximum absolute atomic E-state index is 11.3. The molecule has 0 saturated heterocycles. The van der Waals surface area contributed by atoms with Crippen LogP contribution in [0.3, 0.4) is 0 Å². The fourth-order valence-electron chi connectivity index (χ4n) is 2.22. The molecule has 4 nitrogen and oxygen atoms in total. The molecule has 0 radical (unpaired) electrons. The van der Waals surface area contributed by atoms with E-state index in [1.54, 1.807) is 6.08 Å². The minimum absolute atomic E-state index is 0.390. The number of hydrogen-bond donors (Lipinski definition) is 1. The van der Waals surface area contributed by atoms with Gasteiger partial charge in [-0.3, -0.25) is 4.79 Å². The van der Waals surface area contributed by atoms with Gasteiger partial charge < -0.3 is 15.4 Å². The molecule has 0 aliphatic carbocycles. The standard InChI is InChI=1S/C18H16N2O2/c19-18(21)14-5-4-12-20(13-14)15-8-10-17(11-9-15)22-16-6-2-1-3-7-16/h1-12H,13H2,(H2,19,21). The molecule has 1 heterocycles. The van der Waals surface area contributed by atoms with Crippen molar-refractivity contribution in [3.8, 4) is 11.5 Å². The Hall–Kier alpha value is -3.01. The Morgan fingerprint density at radius 1 is 1.00 bits per heavy atom. The number of hydrogen-bond acceptors (Lipinski definition) is 3. The van der Waals surface area contributed by atoms with Crippen molar-refractivity contribution in [2.75, 3.05) is 11.4 Å². The van der Waals surface area contributed by atoms with Gasteiger partial charge in [-0.15, -0.1) is 0 Å². The van der Waals surface area contributed by atoms with Crippen molar-refractivity contribution >= 4 is 11.6 Å². The first kappa shape index (κ1) is 13.9. The molecule has 2 aromatic carbocycles. The molecule has 1 aliphatic heterocycles. The molecule has 4 heteroatoms. The second kappa shape index (κ2) is 6.18. The third kappa shape index (κ3) is 3.17. The molecule has 0 saturated carbocycles. The lowest BCUT2D eigenvalue weighted by atomic mass is 10.1. The van der Waals surface area contributed by atoms with Gasteiger partial charge in [0.05, 0.1) is 6.54 Å². The fraction of sp³-hybridized carbons (Fsp3) is 0.0556. The summed E-state index contributed by atoms with van der Waals surface area (Å²) in [6, 6.07) is 17.3. The number of ether oxygens (including phenoxy) is 1. The molecule has 1 amide bonds. The molecule has 2 N–H and O–H groups in total. The molecule has 0 spiro atoms. The zero-order valence-electron chi connectivity index (χ0n) is 12.0. The zero-order valence-corrected chi connectivity index (χ0v) is 12.0. The molecule has 2 aromatic rings. The van der Waals surface area contributed by atoms with Crippen LogP contribution in [0.4, 0.5) is 5.69 Å². The summed E-state index contributed by atoms with van der Waals surface area (Å²) in [7, 11) is 0. The molecule has 0 fully saturated rings. The zero-order chi connectivity index (χ0) is 15.4. The monoisotopic (exact) mass is 292 g/mol. The smallest absolute Gasteiger partial charge is 0.246 e. The molecule has 0 aromatic heterocycles. The molecular formula is C18H16N2O2. The van der Waals surface area contributed by atoms with E-state index in [9.17, 15) is 4.79 Å². The van der Waals surface area contributed by atoms with E-state index in [-0.39, 0.29) is 0 Å². The number of amides is 1. The van der Waals surface area contributed by atoms with Crippen molar-refractivity contribution in [1.29, 1.82) is 0 Å². The summed E-state index contributed by atoms with van der Waals surface area (Å²) in [6.45, 7) is 0.477. The number of benzene rings is 2. The minimum Gasteiger partial charge on any atom is -0.457 e. The summed E-state index contributed by atoms with van der Waals surface area (Å²) < 4.78 is 5.76. The molecule has 3 rings (SSSR count). The number of allylic oxidation sites excluding steroid dienone is 2. The Labute approximate surface area is 129 Å². The summed E-state index contributed by atoms with van der Waals surface area (Å²) in [5, 5.41) is 0. The first-order chi connectivity index (χ1) is 10.7. The molecule has 0 bridgehead atoms. The van der Waals surface area contributed by atoms with Crippen LogP contribution in [-0.2, 0) is 4.79 Å². The van der Waals surface area contributed by atoms with Crippen molar-refractivity contribution in [2.45, 2.75) is 0 Å². The Morgan fingerprint density at radius 3 is 2.36 bits per heavy atom. The number of anilines is 1. The molecule has 110 valence electrons. The van der Waals surface area contributed by atoms with Crippen molar-refractivity contribution in [1.82, 2.24) is 0 Å². The Morgan fingerprint density at radius 2 is 1.68 bits per heavy atom. The molecule has 1 aliphatic rings. The lowest BCUT2D eigenvalue weighted by Crippen LogP contribution is -2.28. The van der Waals surface area contributed by atoms with Crippen LogP contribution in [0.25, 0.3) is 0 Å². The van der Waals surface area contributed by atoms with Crippen LogP contribution >= 0.6 is 0 Å². The van der Waals surface area contributed by atoms with Gasteiger partial charge in [0.1, 0.15) is 11.5 Å². The lowest BCUT2D eigenvalue weighted by molar-refractivity contribution is -0.114. The topological polar surface area (TPSA) is 55.6 Å². The predicted octanol–water partition coefficient (Wildman–Crippen LogP) is 3.22. The first-order valence-electron chi connectivity index (χ1n) is 6.99. The van der Waals surface area contributed by atoms with Crippen LogP contribution in [0.5, 0.6) is 11.5 Å². The summed E-state index contributed by atoms with van der Waals surface area (Å²) in [4.78, 5) is 13.2. The molecular weight excluding hydrogens is 276 g/mol. The second-order valence-corrected chi connectivity index (χ2v) is 4.93. The van der Waals surface area contributed by atoms with Crippen molar-refractivity contribution in [2.24, 2.45) is 5.73 Å². The van der Waals surface area contributed by atoms with E-state index in [2.05, 4.69) is 0 Å². The van der Waals surface area contributed by atoms with Crippen LogP contribution < -0.4 is 15.4 Å². The van der Waals surface area contributed by atoms with E-state index in [4.69, 9.17) is 10.5 Å². The van der Waals surface area contributed by atoms with Crippen LogP contribution in [0.15, 0.2) is 78.5 Å². The highest BCUT2D eigenvalue weighted by Crippen LogP contribution is 2.25. The van der Waals surface area contributed by atoms with Crippen LogP contribution in [0.1, 0.15) is 0 Å². The van der Waals surface area contributed by atoms with Crippen molar-refractivity contribution in [3.63, 3.8) is 0 Å². The average Bonchev–Trinajstić information content (AvgIpc) is 2.56. The molecule has 0 atom stereocenters. The van der Waals surface area contributed by atoms with Crippen molar-refractivity contribution in [3.05, 3.63) is 78.5 Å². The van der Waals surface area contributed by atoms with Gasteiger partial charge in [0.25, 0.3) is 0 Å². The number of nitrogens with two attached hydrogens (primary N) is 1. The van der Waals surface area contributed by atoms with Gasteiger partial charge in [-0.25, -0.2) is 0 Å². The van der Waals surface area contributed by atoms with Gasteiger partial charge in [0.15, 0.2) is 0 Å². The molecule has 22 heavy (non-hydrogen) atoms. The van der Waals surface area contributed by atoms with E-state index >= 15 is 0 Å². The van der Waals surface area contributed by atoms with E-state index in [0.29, 0.717) is 12.1 Å². The lowest BCUT2D eigenvalue weighted by Gasteiger charge is -2.23. The Bertz CT molecular complexity index is 719. The van der Waals surface area contributed by atoms with Gasteiger partial charge in [-0.2, -0.15) is 0 Å². The molecule has 0 unspecified atom stereocenters. The normalized spacial score (nSPS) is 13.6. The summed E-state index contributed by atoms with van der Waals surface area (Å²) >= 11 is 0. The SMILES string of the molecule is NC(=O)C1=CC=CN(c2ccc(Oc3ccccc3)cc2)C1. The third-order valence-electron chi connectivity index (χ3n) is 3.37. The Balaban J connectivity index is 1.71. The van der Waals surface area contributed by atoms with Crippen LogP contribution in [0.2, 0.25) is 0 Å². The highest BCUT2D eigenvalue weighted by atomic mass is 16.5. The van der Waals surface area contributed by atoms with Crippen LogP contribution in [-0.4, -0.2) is 12.5 Å². The van der Waals surface area contributed by atoms with Gasteiger partial charge in [-0.1, -0.05) is 24.3 Å². The number of carbonyl (C=O) groups is 1.